The maximum atomic E-state index is 5.98. The van der Waals surface area contributed by atoms with Crippen molar-refractivity contribution in [1.82, 2.24) is 9.88 Å². The largest absolute Gasteiger partial charge is 0.345 e. The number of fused-ring (bicyclic) bond motifs is 1. The Morgan fingerprint density at radius 1 is 1.24 bits per heavy atom. The first-order chi connectivity index (χ1) is 8.22. The topological polar surface area (TPSA) is 19.4 Å². The third kappa shape index (κ3) is 2.25. The lowest BCUT2D eigenvalue weighted by molar-refractivity contribution is 0.313. The molecule has 1 aliphatic rings. The van der Waals surface area contributed by atoms with E-state index in [1.165, 1.54) is 4.70 Å². The average molecular weight is 268 g/mol. The number of hydrogen-bond donors (Lipinski definition) is 0. The number of piperazine rings is 1. The Morgan fingerprint density at radius 3 is 2.76 bits per heavy atom. The monoisotopic (exact) mass is 267 g/mol. The summed E-state index contributed by atoms with van der Waals surface area (Å²) in [6.45, 7) is 4.33. The fraction of sp³-hybridized carbons (Fsp3) is 0.417. The summed E-state index contributed by atoms with van der Waals surface area (Å²) in [6.07, 6.45) is 0. The highest BCUT2D eigenvalue weighted by Crippen LogP contribution is 2.30. The lowest BCUT2D eigenvalue weighted by Gasteiger charge is -2.31. The minimum Gasteiger partial charge on any atom is -0.345 e. The van der Waals surface area contributed by atoms with Gasteiger partial charge in [0.15, 0.2) is 5.13 Å². The molecule has 0 saturated carbocycles. The lowest BCUT2D eigenvalue weighted by atomic mass is 10.3. The molecule has 1 aliphatic heterocycles. The second-order valence-corrected chi connectivity index (χ2v) is 5.84. The first-order valence-corrected chi connectivity index (χ1v) is 6.91. The molecule has 0 amide bonds. The smallest absolute Gasteiger partial charge is 0.186 e. The van der Waals surface area contributed by atoms with E-state index >= 15 is 0 Å². The number of thiazole rings is 1. The molecule has 0 spiro atoms. The van der Waals surface area contributed by atoms with Gasteiger partial charge in [0.05, 0.1) is 10.2 Å². The molecule has 1 saturated heterocycles. The summed E-state index contributed by atoms with van der Waals surface area (Å²) in [5, 5.41) is 1.88. The summed E-state index contributed by atoms with van der Waals surface area (Å²) in [4.78, 5) is 9.37. The summed E-state index contributed by atoms with van der Waals surface area (Å²) in [6, 6.07) is 5.91. The molecule has 0 bridgehead atoms. The molecule has 1 aromatic heterocycles. The molecule has 2 heterocycles. The van der Waals surface area contributed by atoms with Crippen LogP contribution in [0.25, 0.3) is 10.2 Å². The van der Waals surface area contributed by atoms with Gasteiger partial charge in [0.25, 0.3) is 0 Å². The van der Waals surface area contributed by atoms with Crippen molar-refractivity contribution >= 4 is 38.3 Å². The third-order valence-corrected chi connectivity index (χ3v) is 4.44. The van der Waals surface area contributed by atoms with E-state index in [9.17, 15) is 0 Å². The van der Waals surface area contributed by atoms with Crippen molar-refractivity contribution in [3.8, 4) is 0 Å². The summed E-state index contributed by atoms with van der Waals surface area (Å²) in [5.74, 6) is 0. The maximum Gasteiger partial charge on any atom is 0.186 e. The van der Waals surface area contributed by atoms with Crippen molar-refractivity contribution in [2.24, 2.45) is 0 Å². The molecule has 0 atom stereocenters. The number of likely N-dealkylation sites (N-methyl/N-ethyl adjacent to an activating group) is 1. The van der Waals surface area contributed by atoms with Gasteiger partial charge in [0.1, 0.15) is 0 Å². The van der Waals surface area contributed by atoms with Crippen LogP contribution in [0.4, 0.5) is 5.13 Å². The van der Waals surface area contributed by atoms with Gasteiger partial charge in [0, 0.05) is 31.2 Å². The van der Waals surface area contributed by atoms with Gasteiger partial charge >= 0.3 is 0 Å². The van der Waals surface area contributed by atoms with Gasteiger partial charge in [-0.25, -0.2) is 4.98 Å². The maximum absolute atomic E-state index is 5.98. The molecule has 5 heteroatoms. The second kappa shape index (κ2) is 4.44. The number of benzene rings is 1. The molecule has 3 nitrogen and oxygen atoms in total. The molecular weight excluding hydrogens is 254 g/mol. The van der Waals surface area contributed by atoms with E-state index in [0.29, 0.717) is 0 Å². The lowest BCUT2D eigenvalue weighted by Crippen LogP contribution is -2.44. The zero-order valence-corrected chi connectivity index (χ0v) is 11.3. The highest BCUT2D eigenvalue weighted by atomic mass is 35.5. The molecule has 2 aromatic rings. The summed E-state index contributed by atoms with van der Waals surface area (Å²) < 4.78 is 1.21. The first-order valence-electron chi connectivity index (χ1n) is 5.72. The molecule has 1 aromatic carbocycles. The van der Waals surface area contributed by atoms with Crippen molar-refractivity contribution in [3.63, 3.8) is 0 Å². The highest BCUT2D eigenvalue weighted by Gasteiger charge is 2.17. The Kier molecular flexibility index (Phi) is 2.94. The van der Waals surface area contributed by atoms with Gasteiger partial charge in [-0.1, -0.05) is 22.9 Å². The predicted molar refractivity (Wildman–Crippen MR) is 74.3 cm³/mol. The van der Waals surface area contributed by atoms with Gasteiger partial charge in [-0.05, 0) is 25.2 Å². The number of nitrogens with zero attached hydrogens (tertiary/aromatic N) is 3. The van der Waals surface area contributed by atoms with E-state index in [-0.39, 0.29) is 0 Å². The van der Waals surface area contributed by atoms with E-state index in [0.717, 1.165) is 41.8 Å². The molecule has 0 unspecified atom stereocenters. The molecule has 17 heavy (non-hydrogen) atoms. The van der Waals surface area contributed by atoms with E-state index in [2.05, 4.69) is 27.9 Å². The van der Waals surface area contributed by atoms with E-state index in [1.54, 1.807) is 11.3 Å². The van der Waals surface area contributed by atoms with Gasteiger partial charge in [-0.2, -0.15) is 0 Å². The SMILES string of the molecule is CN1CCN(c2nc3cc(Cl)ccc3s2)CC1. The minimum absolute atomic E-state index is 0.757. The fourth-order valence-electron chi connectivity index (χ4n) is 2.02. The van der Waals surface area contributed by atoms with Crippen molar-refractivity contribution in [2.45, 2.75) is 0 Å². The van der Waals surface area contributed by atoms with Crippen LogP contribution in [0.2, 0.25) is 5.02 Å². The van der Waals surface area contributed by atoms with Crippen LogP contribution in [0.3, 0.4) is 0 Å². The fourth-order valence-corrected chi connectivity index (χ4v) is 3.19. The van der Waals surface area contributed by atoms with E-state index < -0.39 is 0 Å². The predicted octanol–water partition coefficient (Wildman–Crippen LogP) is 2.70. The van der Waals surface area contributed by atoms with Crippen molar-refractivity contribution < 1.29 is 0 Å². The van der Waals surface area contributed by atoms with Gasteiger partial charge in [-0.15, -0.1) is 0 Å². The van der Waals surface area contributed by atoms with Gasteiger partial charge in [-0.3, -0.25) is 0 Å². The first kappa shape index (κ1) is 11.3. The Hall–Kier alpha value is -0.840. The van der Waals surface area contributed by atoms with E-state index in [1.807, 2.05) is 12.1 Å². The molecule has 0 aliphatic carbocycles. The van der Waals surface area contributed by atoms with Crippen molar-refractivity contribution in [3.05, 3.63) is 23.2 Å². The van der Waals surface area contributed by atoms with Crippen LogP contribution in [0.5, 0.6) is 0 Å². The average Bonchev–Trinajstić information content (AvgIpc) is 2.72. The van der Waals surface area contributed by atoms with Crippen LogP contribution in [-0.2, 0) is 0 Å². The number of aromatic nitrogens is 1. The molecule has 0 radical (unpaired) electrons. The summed E-state index contributed by atoms with van der Waals surface area (Å²) >= 11 is 7.73. The van der Waals surface area contributed by atoms with Crippen LogP contribution >= 0.6 is 22.9 Å². The van der Waals surface area contributed by atoms with E-state index in [4.69, 9.17) is 11.6 Å². The van der Waals surface area contributed by atoms with Gasteiger partial charge in [0.2, 0.25) is 0 Å². The number of anilines is 1. The Morgan fingerprint density at radius 2 is 2.00 bits per heavy atom. The highest BCUT2D eigenvalue weighted by molar-refractivity contribution is 7.22. The Bertz CT molecular complexity index is 532. The molecular formula is C12H14ClN3S. The second-order valence-electron chi connectivity index (χ2n) is 4.40. The van der Waals surface area contributed by atoms with Crippen molar-refractivity contribution in [2.75, 3.05) is 38.1 Å². The van der Waals surface area contributed by atoms with Crippen LogP contribution < -0.4 is 4.90 Å². The Balaban J connectivity index is 1.90. The minimum atomic E-state index is 0.757. The van der Waals surface area contributed by atoms with Gasteiger partial charge < -0.3 is 9.80 Å². The van der Waals surface area contributed by atoms with Crippen LogP contribution in [0, 0.1) is 0 Å². The molecule has 3 rings (SSSR count). The molecule has 1 fully saturated rings. The number of hydrogen-bond acceptors (Lipinski definition) is 4. The molecule has 90 valence electrons. The normalized spacial score (nSPS) is 17.9. The molecule has 0 N–H and O–H groups in total. The zero-order chi connectivity index (χ0) is 11.8. The van der Waals surface area contributed by atoms with Crippen LogP contribution in [0.1, 0.15) is 0 Å². The Labute approximate surface area is 110 Å². The summed E-state index contributed by atoms with van der Waals surface area (Å²) in [7, 11) is 2.16. The zero-order valence-electron chi connectivity index (χ0n) is 9.69. The quantitative estimate of drug-likeness (QED) is 0.792. The third-order valence-electron chi connectivity index (χ3n) is 3.11. The standard InChI is InChI=1S/C12H14ClN3S/c1-15-4-6-16(7-5-15)12-14-10-8-9(13)2-3-11(10)17-12/h2-3,8H,4-7H2,1H3. The summed E-state index contributed by atoms with van der Waals surface area (Å²) in [5.41, 5.74) is 1.01. The number of rotatable bonds is 1. The van der Waals surface area contributed by atoms with Crippen molar-refractivity contribution in [1.29, 1.82) is 0 Å². The van der Waals surface area contributed by atoms with Crippen LogP contribution in [0.15, 0.2) is 18.2 Å². The van der Waals surface area contributed by atoms with Crippen LogP contribution in [-0.4, -0.2) is 43.1 Å². The number of halogens is 1.